The summed E-state index contributed by atoms with van der Waals surface area (Å²) in [6, 6.07) is 1.73. The highest BCUT2D eigenvalue weighted by atomic mass is 79.9. The molecule has 0 atom stereocenters. The number of amides is 1. The monoisotopic (exact) mass is 258 g/mol. The molecule has 5 nitrogen and oxygen atoms in total. The van der Waals surface area contributed by atoms with Crippen LogP contribution >= 0.6 is 15.9 Å². The molecule has 0 saturated heterocycles. The summed E-state index contributed by atoms with van der Waals surface area (Å²) in [5, 5.41) is 0. The van der Waals surface area contributed by atoms with E-state index >= 15 is 0 Å². The number of aryl methyl sites for hydroxylation is 1. The normalized spacial score (nSPS) is 9.93. The Hall–Kier alpha value is -1.17. The predicted octanol–water partition coefficient (Wildman–Crippen LogP) is 0.469. The third-order valence-corrected chi connectivity index (χ3v) is 1.98. The lowest BCUT2D eigenvalue weighted by atomic mass is 10.4. The number of primary amides is 1. The van der Waals surface area contributed by atoms with Crippen molar-refractivity contribution >= 4 is 27.7 Å². The molecule has 0 spiro atoms. The van der Waals surface area contributed by atoms with E-state index < -0.39 is 0 Å². The van der Waals surface area contributed by atoms with Crippen LogP contribution in [0.25, 0.3) is 0 Å². The summed E-state index contributed by atoms with van der Waals surface area (Å²) in [6.45, 7) is 1.93. The number of hydrogen-bond acceptors (Lipinski definition) is 4. The summed E-state index contributed by atoms with van der Waals surface area (Å²) in [5.41, 5.74) is 5.07. The average molecular weight is 259 g/mol. The molecule has 0 aliphatic heterocycles. The molecular weight excluding hydrogens is 248 g/mol. The van der Waals surface area contributed by atoms with Crippen LogP contribution in [0.2, 0.25) is 0 Å². The zero-order valence-corrected chi connectivity index (χ0v) is 9.58. The maximum absolute atomic E-state index is 10.7. The molecule has 0 saturated carbocycles. The van der Waals surface area contributed by atoms with Crippen LogP contribution in [-0.4, -0.2) is 29.5 Å². The second kappa shape index (κ2) is 4.36. The first-order valence-electron chi connectivity index (χ1n) is 3.99. The lowest BCUT2D eigenvalue weighted by molar-refractivity contribution is -0.116. The molecule has 1 aromatic heterocycles. The largest absolute Gasteiger partial charge is 0.368 e. The maximum Gasteiger partial charge on any atom is 0.236 e. The summed E-state index contributed by atoms with van der Waals surface area (Å²) in [4.78, 5) is 20.6. The molecule has 1 heterocycles. The smallest absolute Gasteiger partial charge is 0.236 e. The minimum atomic E-state index is -0.389. The van der Waals surface area contributed by atoms with E-state index in [1.54, 1.807) is 24.9 Å². The van der Waals surface area contributed by atoms with Gasteiger partial charge in [0.15, 0.2) is 0 Å². The van der Waals surface area contributed by atoms with Crippen molar-refractivity contribution in [2.75, 3.05) is 18.5 Å². The SMILES string of the molecule is Cc1nc(Br)cc(N(C)CC(N)=O)n1. The number of hydrogen-bond donors (Lipinski definition) is 1. The van der Waals surface area contributed by atoms with Gasteiger partial charge in [0.25, 0.3) is 0 Å². The van der Waals surface area contributed by atoms with Gasteiger partial charge >= 0.3 is 0 Å². The summed E-state index contributed by atoms with van der Waals surface area (Å²) in [7, 11) is 1.75. The number of halogens is 1. The molecule has 0 radical (unpaired) electrons. The number of nitrogens with two attached hydrogens (primary N) is 1. The molecule has 0 aliphatic rings. The van der Waals surface area contributed by atoms with Crippen LogP contribution in [0.15, 0.2) is 10.7 Å². The third kappa shape index (κ3) is 2.95. The topological polar surface area (TPSA) is 72.1 Å². The number of rotatable bonds is 3. The maximum atomic E-state index is 10.7. The highest BCUT2D eigenvalue weighted by Crippen LogP contribution is 2.14. The first kappa shape index (κ1) is 10.9. The van der Waals surface area contributed by atoms with Gasteiger partial charge in [0.05, 0.1) is 6.54 Å². The van der Waals surface area contributed by atoms with E-state index in [1.165, 1.54) is 0 Å². The summed E-state index contributed by atoms with van der Waals surface area (Å²) in [6.07, 6.45) is 0. The molecule has 1 rings (SSSR count). The molecule has 0 unspecified atom stereocenters. The quantitative estimate of drug-likeness (QED) is 0.801. The fraction of sp³-hybridized carbons (Fsp3) is 0.375. The van der Waals surface area contributed by atoms with Gasteiger partial charge in [-0.1, -0.05) is 0 Å². The van der Waals surface area contributed by atoms with E-state index in [4.69, 9.17) is 5.73 Å². The van der Waals surface area contributed by atoms with Crippen molar-refractivity contribution in [2.45, 2.75) is 6.92 Å². The van der Waals surface area contributed by atoms with E-state index in [1.807, 2.05) is 0 Å². The van der Waals surface area contributed by atoms with Crippen molar-refractivity contribution in [1.82, 2.24) is 9.97 Å². The van der Waals surface area contributed by atoms with Crippen molar-refractivity contribution in [3.8, 4) is 0 Å². The number of carbonyl (C=O) groups excluding carboxylic acids is 1. The van der Waals surface area contributed by atoms with Crippen molar-refractivity contribution in [3.05, 3.63) is 16.5 Å². The molecule has 1 aromatic rings. The van der Waals surface area contributed by atoms with Gasteiger partial charge in [0.2, 0.25) is 5.91 Å². The second-order valence-corrected chi connectivity index (χ2v) is 3.73. The van der Waals surface area contributed by atoms with Crippen LogP contribution in [0.1, 0.15) is 5.82 Å². The minimum absolute atomic E-state index is 0.142. The van der Waals surface area contributed by atoms with E-state index in [-0.39, 0.29) is 12.5 Å². The van der Waals surface area contributed by atoms with Crippen LogP contribution < -0.4 is 10.6 Å². The summed E-state index contributed by atoms with van der Waals surface area (Å²) >= 11 is 3.25. The highest BCUT2D eigenvalue weighted by molar-refractivity contribution is 9.10. The standard InChI is InChI=1S/C8H11BrN4O/c1-5-11-6(9)3-8(12-5)13(2)4-7(10)14/h3H,4H2,1-2H3,(H2,10,14). The van der Waals surface area contributed by atoms with E-state index in [9.17, 15) is 4.79 Å². The van der Waals surface area contributed by atoms with Gasteiger partial charge in [-0.25, -0.2) is 9.97 Å². The summed E-state index contributed by atoms with van der Waals surface area (Å²) < 4.78 is 0.691. The minimum Gasteiger partial charge on any atom is -0.368 e. The fourth-order valence-electron chi connectivity index (χ4n) is 1.03. The van der Waals surface area contributed by atoms with Crippen molar-refractivity contribution in [1.29, 1.82) is 0 Å². The van der Waals surface area contributed by atoms with Crippen LogP contribution in [0, 0.1) is 6.92 Å². The Morgan fingerprint density at radius 1 is 1.64 bits per heavy atom. The van der Waals surface area contributed by atoms with Gasteiger partial charge in [-0.05, 0) is 22.9 Å². The Labute approximate surface area is 90.5 Å². The number of carbonyl (C=O) groups is 1. The van der Waals surface area contributed by atoms with Gasteiger partial charge in [0, 0.05) is 13.1 Å². The predicted molar refractivity (Wildman–Crippen MR) is 56.9 cm³/mol. The van der Waals surface area contributed by atoms with Crippen LogP contribution in [0.4, 0.5) is 5.82 Å². The Kier molecular flexibility index (Phi) is 3.40. The Morgan fingerprint density at radius 2 is 2.29 bits per heavy atom. The number of anilines is 1. The van der Waals surface area contributed by atoms with Gasteiger partial charge in [-0.15, -0.1) is 0 Å². The fourth-order valence-corrected chi connectivity index (χ4v) is 1.49. The number of nitrogens with zero attached hydrogens (tertiary/aromatic N) is 3. The zero-order valence-electron chi connectivity index (χ0n) is 7.99. The first-order chi connectivity index (χ1) is 6.49. The molecule has 1 amide bonds. The number of likely N-dealkylation sites (N-methyl/N-ethyl adjacent to an activating group) is 1. The van der Waals surface area contributed by atoms with Crippen molar-refractivity contribution < 1.29 is 4.79 Å². The molecule has 0 aliphatic carbocycles. The third-order valence-electron chi connectivity index (χ3n) is 1.58. The Balaban J connectivity index is 2.89. The Bertz CT molecular complexity index is 335. The lowest BCUT2D eigenvalue weighted by Crippen LogP contribution is -2.31. The van der Waals surface area contributed by atoms with Gasteiger partial charge in [0.1, 0.15) is 16.2 Å². The average Bonchev–Trinajstić information content (AvgIpc) is 2.00. The van der Waals surface area contributed by atoms with E-state index in [0.717, 1.165) is 0 Å². The second-order valence-electron chi connectivity index (χ2n) is 2.92. The molecule has 0 fully saturated rings. The molecule has 76 valence electrons. The molecule has 6 heteroatoms. The first-order valence-corrected chi connectivity index (χ1v) is 4.79. The number of aromatic nitrogens is 2. The van der Waals surface area contributed by atoms with E-state index in [0.29, 0.717) is 16.2 Å². The lowest BCUT2D eigenvalue weighted by Gasteiger charge is -2.16. The van der Waals surface area contributed by atoms with Gasteiger partial charge in [-0.3, -0.25) is 4.79 Å². The van der Waals surface area contributed by atoms with Gasteiger partial charge in [-0.2, -0.15) is 0 Å². The van der Waals surface area contributed by atoms with Crippen LogP contribution in [0.3, 0.4) is 0 Å². The molecular formula is C8H11BrN4O. The molecule has 2 N–H and O–H groups in total. The molecule has 14 heavy (non-hydrogen) atoms. The van der Waals surface area contributed by atoms with Crippen molar-refractivity contribution in [3.63, 3.8) is 0 Å². The highest BCUT2D eigenvalue weighted by Gasteiger charge is 2.07. The van der Waals surface area contributed by atoms with Crippen molar-refractivity contribution in [2.24, 2.45) is 5.73 Å². The van der Waals surface area contributed by atoms with E-state index in [2.05, 4.69) is 25.9 Å². The molecule has 0 aromatic carbocycles. The molecule has 0 bridgehead atoms. The Morgan fingerprint density at radius 3 is 2.79 bits per heavy atom. The summed E-state index contributed by atoms with van der Waals surface area (Å²) in [5.74, 6) is 0.925. The van der Waals surface area contributed by atoms with Gasteiger partial charge < -0.3 is 10.6 Å². The van der Waals surface area contributed by atoms with Crippen LogP contribution in [0.5, 0.6) is 0 Å². The zero-order chi connectivity index (χ0) is 10.7. The van der Waals surface area contributed by atoms with Crippen LogP contribution in [-0.2, 0) is 4.79 Å².